The number of ether oxygens (including phenoxy) is 1. The fourth-order valence-corrected chi connectivity index (χ4v) is 7.87. The van der Waals surface area contributed by atoms with Crippen LogP contribution in [0, 0.1) is 53.3 Å². The topological polar surface area (TPSA) is 97.7 Å². The molecule has 0 saturated heterocycles. The van der Waals surface area contributed by atoms with Gasteiger partial charge in [0.15, 0.2) is 0 Å². The van der Waals surface area contributed by atoms with Crippen molar-refractivity contribution in [2.24, 2.45) is 53.3 Å². The van der Waals surface area contributed by atoms with Crippen molar-refractivity contribution in [2.45, 2.75) is 57.5 Å². The van der Waals surface area contributed by atoms with Crippen molar-refractivity contribution in [3.05, 3.63) is 0 Å². The number of fused-ring (bicyclic) bond motifs is 6. The average molecular weight is 388 g/mol. The highest BCUT2D eigenvalue weighted by Gasteiger charge is 2.61. The molecule has 5 rings (SSSR count). The summed E-state index contributed by atoms with van der Waals surface area (Å²) < 4.78 is 5.15. The zero-order valence-corrected chi connectivity index (χ0v) is 16.0. The molecule has 6 heteroatoms. The summed E-state index contributed by atoms with van der Waals surface area (Å²) in [4.78, 5) is 48.5. The Bertz CT molecular complexity index is 716. The smallest absolute Gasteiger partial charge is 0.306 e. The molecule has 10 unspecified atom stereocenters. The molecule has 0 aromatic heterocycles. The molecule has 6 nitrogen and oxygen atoms in total. The van der Waals surface area contributed by atoms with Gasteiger partial charge in [0.2, 0.25) is 0 Å². The van der Waals surface area contributed by atoms with Crippen LogP contribution in [0.3, 0.4) is 0 Å². The molecule has 0 aromatic carbocycles. The van der Waals surface area contributed by atoms with Gasteiger partial charge in [-0.2, -0.15) is 0 Å². The van der Waals surface area contributed by atoms with E-state index in [9.17, 15) is 24.3 Å². The fraction of sp³-hybridized carbons (Fsp3) is 0.818. The third-order valence-electron chi connectivity index (χ3n) is 9.00. The molecular formula is C22H28O6. The Morgan fingerprint density at radius 1 is 0.786 bits per heavy atom. The van der Waals surface area contributed by atoms with Crippen LogP contribution in [0.2, 0.25) is 0 Å². The summed E-state index contributed by atoms with van der Waals surface area (Å²) in [6.45, 7) is 0.494. The zero-order valence-electron chi connectivity index (χ0n) is 16.0. The number of ketones is 2. The number of carbonyl (C=O) groups excluding carboxylic acids is 3. The van der Waals surface area contributed by atoms with E-state index < -0.39 is 5.97 Å². The van der Waals surface area contributed by atoms with Crippen molar-refractivity contribution in [3.8, 4) is 0 Å². The number of hydrogen-bond donors (Lipinski definition) is 1. The predicted octanol–water partition coefficient (Wildman–Crippen LogP) is 2.49. The molecule has 0 bridgehead atoms. The number of hydrogen-bond acceptors (Lipinski definition) is 5. The van der Waals surface area contributed by atoms with Gasteiger partial charge in [0.25, 0.3) is 6.47 Å². The molecule has 0 amide bonds. The van der Waals surface area contributed by atoms with Gasteiger partial charge in [-0.1, -0.05) is 0 Å². The van der Waals surface area contributed by atoms with E-state index in [-0.39, 0.29) is 59.2 Å². The Morgan fingerprint density at radius 2 is 1.32 bits per heavy atom. The minimum atomic E-state index is -0.773. The number of aliphatic carboxylic acids is 1. The maximum absolute atomic E-state index is 13.2. The summed E-state index contributed by atoms with van der Waals surface area (Å²) in [5.74, 6) is 0.574. The second-order valence-corrected chi connectivity index (χ2v) is 9.87. The van der Waals surface area contributed by atoms with Gasteiger partial charge in [-0.3, -0.25) is 19.2 Å². The van der Waals surface area contributed by atoms with E-state index in [0.717, 1.165) is 32.1 Å². The van der Waals surface area contributed by atoms with Gasteiger partial charge >= 0.3 is 5.97 Å². The van der Waals surface area contributed by atoms with Crippen LogP contribution in [0.4, 0.5) is 0 Å². The maximum atomic E-state index is 13.2. The molecule has 5 aliphatic rings. The molecular weight excluding hydrogens is 360 g/mol. The number of carboxylic acid groups (broad SMARTS) is 1. The van der Waals surface area contributed by atoms with Gasteiger partial charge in [-0.15, -0.1) is 0 Å². The van der Waals surface area contributed by atoms with Crippen LogP contribution in [0.5, 0.6) is 0 Å². The van der Waals surface area contributed by atoms with E-state index in [2.05, 4.69) is 0 Å². The monoisotopic (exact) mass is 388 g/mol. The van der Waals surface area contributed by atoms with Crippen LogP contribution in [0.15, 0.2) is 0 Å². The minimum Gasteiger partial charge on any atom is -0.481 e. The summed E-state index contributed by atoms with van der Waals surface area (Å²) >= 11 is 0. The van der Waals surface area contributed by atoms with E-state index in [1.54, 1.807) is 0 Å². The molecule has 0 spiro atoms. The fourth-order valence-electron chi connectivity index (χ4n) is 7.87. The molecule has 10 atom stereocenters. The van der Waals surface area contributed by atoms with E-state index in [1.807, 2.05) is 0 Å². The lowest BCUT2D eigenvalue weighted by atomic mass is 9.64. The zero-order chi connectivity index (χ0) is 19.6. The molecule has 0 aromatic rings. The number of Topliss-reactive ketones (excluding diaryl/α,β-unsaturated/α-hetero) is 2. The molecule has 0 aliphatic heterocycles. The van der Waals surface area contributed by atoms with Crippen molar-refractivity contribution < 1.29 is 29.0 Å². The number of rotatable bonds is 3. The molecule has 0 radical (unpaired) electrons. The van der Waals surface area contributed by atoms with Gasteiger partial charge in [0.05, 0.1) is 5.92 Å². The summed E-state index contributed by atoms with van der Waals surface area (Å²) in [7, 11) is 0. The van der Waals surface area contributed by atoms with E-state index in [0.29, 0.717) is 37.4 Å². The molecule has 28 heavy (non-hydrogen) atoms. The van der Waals surface area contributed by atoms with Gasteiger partial charge in [0, 0.05) is 23.7 Å². The highest BCUT2D eigenvalue weighted by Crippen LogP contribution is 2.61. The molecule has 5 fully saturated rings. The first-order chi connectivity index (χ1) is 13.5. The first-order valence-corrected chi connectivity index (χ1v) is 10.9. The van der Waals surface area contributed by atoms with Crippen LogP contribution < -0.4 is 0 Å². The van der Waals surface area contributed by atoms with E-state index >= 15 is 0 Å². The number of carbonyl (C=O) groups is 4. The summed E-state index contributed by atoms with van der Waals surface area (Å²) in [5.41, 5.74) is 0. The molecule has 5 aliphatic carbocycles. The van der Waals surface area contributed by atoms with Crippen LogP contribution in [-0.2, 0) is 23.9 Å². The Balaban J connectivity index is 1.35. The van der Waals surface area contributed by atoms with Crippen molar-refractivity contribution in [1.29, 1.82) is 0 Å². The molecule has 0 heterocycles. The largest absolute Gasteiger partial charge is 0.481 e. The highest BCUT2D eigenvalue weighted by molar-refractivity contribution is 5.90. The summed E-state index contributed by atoms with van der Waals surface area (Å²) in [6, 6.07) is 0. The quantitative estimate of drug-likeness (QED) is 0.746. The van der Waals surface area contributed by atoms with Crippen molar-refractivity contribution in [2.75, 3.05) is 0 Å². The standard InChI is InChI=1S/C22H28O6/c23-9-28-11-2-4-13-15-8-18-14(7-19(15)21(25)17(13)6-11)12-3-1-10(22(26)27)5-16(12)20(18)24/h9-19H,1-8H2,(H,26,27). The highest BCUT2D eigenvalue weighted by atomic mass is 16.5. The van der Waals surface area contributed by atoms with Gasteiger partial charge in [-0.25, -0.2) is 0 Å². The Labute approximate surface area is 164 Å². The van der Waals surface area contributed by atoms with Crippen LogP contribution in [0.25, 0.3) is 0 Å². The third kappa shape index (κ3) is 2.59. The summed E-state index contributed by atoms with van der Waals surface area (Å²) in [5, 5.41) is 9.37. The SMILES string of the molecule is O=COC1CCC2C(C1)C(=O)C1CC3C(CC12)C(=O)C1CC(C(=O)O)CCC13. The van der Waals surface area contributed by atoms with Crippen molar-refractivity contribution in [3.63, 3.8) is 0 Å². The lowest BCUT2D eigenvalue weighted by molar-refractivity contribution is -0.144. The Morgan fingerprint density at radius 3 is 1.89 bits per heavy atom. The summed E-state index contributed by atoms with van der Waals surface area (Å²) in [6.07, 6.45) is 5.79. The van der Waals surface area contributed by atoms with Crippen LogP contribution >= 0.6 is 0 Å². The minimum absolute atomic E-state index is 0.0128. The molecule has 152 valence electrons. The van der Waals surface area contributed by atoms with Gasteiger partial charge in [0.1, 0.15) is 17.7 Å². The van der Waals surface area contributed by atoms with Crippen LogP contribution in [-0.4, -0.2) is 35.2 Å². The van der Waals surface area contributed by atoms with E-state index in [1.165, 1.54) is 0 Å². The normalized spacial score (nSPS) is 49.6. The lowest BCUT2D eigenvalue weighted by Gasteiger charge is -2.39. The van der Waals surface area contributed by atoms with Crippen molar-refractivity contribution >= 4 is 24.0 Å². The second-order valence-electron chi connectivity index (χ2n) is 9.87. The van der Waals surface area contributed by atoms with E-state index in [4.69, 9.17) is 4.74 Å². The first-order valence-electron chi connectivity index (χ1n) is 10.9. The first kappa shape index (κ1) is 18.3. The second kappa shape index (κ2) is 6.67. The van der Waals surface area contributed by atoms with Crippen LogP contribution in [0.1, 0.15) is 51.4 Å². The third-order valence-corrected chi connectivity index (χ3v) is 9.00. The Hall–Kier alpha value is -1.72. The maximum Gasteiger partial charge on any atom is 0.306 e. The van der Waals surface area contributed by atoms with Crippen molar-refractivity contribution in [1.82, 2.24) is 0 Å². The van der Waals surface area contributed by atoms with Gasteiger partial charge in [-0.05, 0) is 75.0 Å². The molecule has 5 saturated carbocycles. The Kier molecular flexibility index (Phi) is 4.36. The van der Waals surface area contributed by atoms with Gasteiger partial charge < -0.3 is 9.84 Å². The predicted molar refractivity (Wildman–Crippen MR) is 96.9 cm³/mol. The number of carboxylic acids is 1. The average Bonchev–Trinajstić information content (AvgIpc) is 3.13. The molecule has 1 N–H and O–H groups in total. The lowest BCUT2D eigenvalue weighted by Crippen LogP contribution is -2.35.